The first-order chi connectivity index (χ1) is 15.1. The minimum atomic E-state index is -0.235. The Hall–Kier alpha value is -2.55. The van der Waals surface area contributed by atoms with Crippen LogP contribution in [0.5, 0.6) is 17.2 Å². The summed E-state index contributed by atoms with van der Waals surface area (Å²) in [6, 6.07) is 13.7. The zero-order valence-corrected chi connectivity index (χ0v) is 19.0. The Morgan fingerprint density at radius 3 is 2.81 bits per heavy atom. The van der Waals surface area contributed by atoms with Crippen molar-refractivity contribution in [2.45, 2.75) is 31.7 Å². The van der Waals surface area contributed by atoms with E-state index in [0.29, 0.717) is 6.54 Å². The summed E-state index contributed by atoms with van der Waals surface area (Å²) in [4.78, 5) is 9.50. The molecule has 0 fully saturated rings. The van der Waals surface area contributed by atoms with Crippen LogP contribution in [-0.4, -0.2) is 28.7 Å². The SMILES string of the molecule is CC1=NO[C@@H]2[C@H]1c1ccc(O)cc1[C@@H](c1cccs1)N2Cc1cc2c(cc1Br)OCO2. The summed E-state index contributed by atoms with van der Waals surface area (Å²) < 4.78 is 12.1. The van der Waals surface area contributed by atoms with Gasteiger partial charge in [-0.15, -0.1) is 11.3 Å². The van der Waals surface area contributed by atoms with E-state index < -0.39 is 0 Å². The minimum absolute atomic E-state index is 0.0135. The lowest BCUT2D eigenvalue weighted by molar-refractivity contribution is -0.0728. The van der Waals surface area contributed by atoms with Gasteiger partial charge in [-0.25, -0.2) is 4.90 Å². The van der Waals surface area contributed by atoms with Crippen molar-refractivity contribution in [1.29, 1.82) is 0 Å². The molecule has 4 heterocycles. The highest BCUT2D eigenvalue weighted by Crippen LogP contribution is 2.49. The van der Waals surface area contributed by atoms with Gasteiger partial charge in [0.15, 0.2) is 17.7 Å². The molecule has 2 aromatic carbocycles. The molecule has 0 saturated carbocycles. The van der Waals surface area contributed by atoms with Gasteiger partial charge in [-0.05, 0) is 59.3 Å². The predicted molar refractivity (Wildman–Crippen MR) is 121 cm³/mol. The number of benzene rings is 2. The standard InChI is InChI=1S/C23H19BrN2O4S/c1-12-21-15-5-4-14(27)8-16(15)22(20-3-2-6-31-20)26(23(21)30-25-12)10-13-7-18-19(9-17(13)24)29-11-28-18/h2-9,21-23,27H,10-11H2,1H3/t21-,22+,23-/m1/s1. The number of aromatic hydroxyl groups is 1. The fourth-order valence-corrected chi connectivity index (χ4v) is 6.03. The molecule has 0 spiro atoms. The molecule has 3 aliphatic rings. The van der Waals surface area contributed by atoms with Crippen LogP contribution < -0.4 is 9.47 Å². The van der Waals surface area contributed by atoms with Crippen LogP contribution in [0.1, 0.15) is 40.5 Å². The number of phenols is 1. The van der Waals surface area contributed by atoms with E-state index in [1.165, 1.54) is 4.88 Å². The predicted octanol–water partition coefficient (Wildman–Crippen LogP) is 5.37. The Balaban J connectivity index is 1.50. The van der Waals surface area contributed by atoms with Crippen LogP contribution in [0, 0.1) is 0 Å². The van der Waals surface area contributed by atoms with E-state index in [1.54, 1.807) is 17.4 Å². The Bertz CT molecular complexity index is 1200. The third kappa shape index (κ3) is 3.04. The number of thiophene rings is 1. The Labute approximate surface area is 191 Å². The zero-order chi connectivity index (χ0) is 21.1. The number of fused-ring (bicyclic) bond motifs is 4. The molecule has 0 bridgehead atoms. The van der Waals surface area contributed by atoms with Gasteiger partial charge in [0.2, 0.25) is 6.79 Å². The lowest BCUT2D eigenvalue weighted by Gasteiger charge is -2.43. The van der Waals surface area contributed by atoms with Gasteiger partial charge in [0, 0.05) is 15.9 Å². The average Bonchev–Trinajstić information content (AvgIpc) is 3.50. The van der Waals surface area contributed by atoms with Crippen molar-refractivity contribution in [2.24, 2.45) is 5.16 Å². The lowest BCUT2D eigenvalue weighted by atomic mass is 9.81. The van der Waals surface area contributed by atoms with Crippen LogP contribution in [0.2, 0.25) is 0 Å². The maximum absolute atomic E-state index is 10.3. The summed E-state index contributed by atoms with van der Waals surface area (Å²) in [6.45, 7) is 2.85. The van der Waals surface area contributed by atoms with E-state index >= 15 is 0 Å². The van der Waals surface area contributed by atoms with Crippen LogP contribution in [0.3, 0.4) is 0 Å². The van der Waals surface area contributed by atoms with Gasteiger partial charge in [0.1, 0.15) is 5.75 Å². The Morgan fingerprint density at radius 2 is 2.00 bits per heavy atom. The molecule has 31 heavy (non-hydrogen) atoms. The van der Waals surface area contributed by atoms with E-state index in [1.807, 2.05) is 31.2 Å². The molecule has 0 saturated heterocycles. The number of phenolic OH excluding ortho intramolecular Hbond substituents is 1. The van der Waals surface area contributed by atoms with Gasteiger partial charge in [-0.2, -0.15) is 0 Å². The first kappa shape index (κ1) is 19.2. The zero-order valence-electron chi connectivity index (χ0n) is 16.6. The van der Waals surface area contributed by atoms with Crippen LogP contribution in [0.4, 0.5) is 0 Å². The van der Waals surface area contributed by atoms with Gasteiger partial charge in [-0.1, -0.05) is 33.2 Å². The van der Waals surface area contributed by atoms with E-state index in [0.717, 1.165) is 38.4 Å². The highest BCUT2D eigenvalue weighted by atomic mass is 79.9. The lowest BCUT2D eigenvalue weighted by Crippen LogP contribution is -2.46. The molecular weight excluding hydrogens is 480 g/mol. The van der Waals surface area contributed by atoms with E-state index in [4.69, 9.17) is 14.3 Å². The fourth-order valence-electron chi connectivity index (χ4n) is 4.72. The summed E-state index contributed by atoms with van der Waals surface area (Å²) in [7, 11) is 0. The molecule has 3 aromatic rings. The molecule has 0 radical (unpaired) electrons. The summed E-state index contributed by atoms with van der Waals surface area (Å²) in [6.07, 6.45) is -0.235. The van der Waals surface area contributed by atoms with Crippen molar-refractivity contribution in [1.82, 2.24) is 4.90 Å². The maximum atomic E-state index is 10.3. The van der Waals surface area contributed by atoms with E-state index in [-0.39, 0.29) is 30.7 Å². The van der Waals surface area contributed by atoms with Crippen molar-refractivity contribution in [3.8, 4) is 17.2 Å². The van der Waals surface area contributed by atoms with Crippen molar-refractivity contribution >= 4 is 33.0 Å². The monoisotopic (exact) mass is 498 g/mol. The van der Waals surface area contributed by atoms with Crippen molar-refractivity contribution in [3.05, 3.63) is 73.9 Å². The van der Waals surface area contributed by atoms with E-state index in [9.17, 15) is 5.11 Å². The molecule has 158 valence electrons. The van der Waals surface area contributed by atoms with Crippen molar-refractivity contribution < 1.29 is 19.4 Å². The molecule has 6 nitrogen and oxygen atoms in total. The third-order valence-corrected chi connectivity index (χ3v) is 7.77. The van der Waals surface area contributed by atoms with Crippen LogP contribution in [0.25, 0.3) is 0 Å². The topological polar surface area (TPSA) is 63.5 Å². The molecule has 0 amide bonds. The number of hydrogen-bond acceptors (Lipinski definition) is 7. The molecule has 1 aromatic heterocycles. The fraction of sp³-hybridized carbons (Fsp3) is 0.261. The summed E-state index contributed by atoms with van der Waals surface area (Å²) >= 11 is 5.40. The van der Waals surface area contributed by atoms with Gasteiger partial charge in [-0.3, -0.25) is 0 Å². The second-order valence-electron chi connectivity index (χ2n) is 7.91. The molecule has 1 N–H and O–H groups in total. The van der Waals surface area contributed by atoms with Gasteiger partial charge in [0.25, 0.3) is 0 Å². The molecule has 6 rings (SSSR count). The Morgan fingerprint density at radius 1 is 1.16 bits per heavy atom. The Kier molecular flexibility index (Phi) is 4.48. The summed E-state index contributed by atoms with van der Waals surface area (Å²) in [5, 5.41) is 16.7. The number of oxime groups is 1. The number of nitrogens with zero attached hydrogens (tertiary/aromatic N) is 2. The molecule has 3 aliphatic heterocycles. The molecule has 3 atom stereocenters. The van der Waals surface area contributed by atoms with Crippen LogP contribution in [-0.2, 0) is 11.4 Å². The van der Waals surface area contributed by atoms with Gasteiger partial charge < -0.3 is 19.4 Å². The second-order valence-corrected chi connectivity index (χ2v) is 9.74. The third-order valence-electron chi connectivity index (χ3n) is 6.11. The largest absolute Gasteiger partial charge is 0.508 e. The average molecular weight is 499 g/mol. The normalized spacial score (nSPS) is 23.8. The summed E-state index contributed by atoms with van der Waals surface area (Å²) in [5.74, 6) is 1.77. The minimum Gasteiger partial charge on any atom is -0.508 e. The van der Waals surface area contributed by atoms with E-state index in [2.05, 4.69) is 43.5 Å². The number of halogens is 1. The number of ether oxygens (including phenoxy) is 2. The first-order valence-corrected chi connectivity index (χ1v) is 11.7. The second kappa shape index (κ2) is 7.25. The quantitative estimate of drug-likeness (QED) is 0.526. The maximum Gasteiger partial charge on any atom is 0.231 e. The van der Waals surface area contributed by atoms with Crippen molar-refractivity contribution in [3.63, 3.8) is 0 Å². The van der Waals surface area contributed by atoms with Gasteiger partial charge >= 0.3 is 0 Å². The molecular formula is C23H19BrN2O4S. The highest BCUT2D eigenvalue weighted by Gasteiger charge is 2.47. The number of hydrogen-bond donors (Lipinski definition) is 1. The van der Waals surface area contributed by atoms with Gasteiger partial charge in [0.05, 0.1) is 17.7 Å². The van der Waals surface area contributed by atoms with Crippen LogP contribution in [0.15, 0.2) is 57.5 Å². The smallest absolute Gasteiger partial charge is 0.231 e. The van der Waals surface area contributed by atoms with Crippen LogP contribution >= 0.6 is 27.3 Å². The summed E-state index contributed by atoms with van der Waals surface area (Å²) in [5.41, 5.74) is 4.25. The first-order valence-electron chi connectivity index (χ1n) is 10.0. The molecule has 0 unspecified atom stereocenters. The molecule has 8 heteroatoms. The number of rotatable bonds is 3. The van der Waals surface area contributed by atoms with Crippen molar-refractivity contribution in [2.75, 3.05) is 6.79 Å². The highest BCUT2D eigenvalue weighted by molar-refractivity contribution is 9.10. The molecule has 0 aliphatic carbocycles.